The lowest BCUT2D eigenvalue weighted by Crippen LogP contribution is -2.11. The van der Waals surface area contributed by atoms with Gasteiger partial charge in [-0.3, -0.25) is 4.79 Å². The molecule has 4 nitrogen and oxygen atoms in total. The van der Waals surface area contributed by atoms with Crippen LogP contribution in [0.5, 0.6) is 0 Å². The molecule has 0 bridgehead atoms. The maximum Gasteiger partial charge on any atom is 0.267 e. The van der Waals surface area contributed by atoms with Crippen molar-refractivity contribution in [1.82, 2.24) is 5.16 Å². The number of carbonyl (C=O) groups excluding carboxylic acids is 1. The Labute approximate surface area is 114 Å². The molecule has 0 unspecified atom stereocenters. The fourth-order valence-corrected chi connectivity index (χ4v) is 2.24. The summed E-state index contributed by atoms with van der Waals surface area (Å²) in [7, 11) is 0. The lowest BCUT2D eigenvalue weighted by atomic mass is 9.93. The van der Waals surface area contributed by atoms with E-state index in [2.05, 4.69) is 10.5 Å². The van der Waals surface area contributed by atoms with Crippen LogP contribution in [0, 0.1) is 0 Å². The van der Waals surface area contributed by atoms with Crippen molar-refractivity contribution >= 4 is 34.7 Å². The molecule has 96 valence electrons. The lowest BCUT2D eigenvalue weighted by Gasteiger charge is -2.11. The molecule has 1 amide bonds. The monoisotopic (exact) mass is 284 g/mol. The van der Waals surface area contributed by atoms with Gasteiger partial charge in [-0.2, -0.15) is 0 Å². The van der Waals surface area contributed by atoms with E-state index in [0.717, 1.165) is 5.76 Å². The molecule has 2 aromatic rings. The Kier molecular flexibility index (Phi) is 3.45. The molecule has 0 aliphatic carbocycles. The maximum absolute atomic E-state index is 11.8. The molecule has 18 heavy (non-hydrogen) atoms. The van der Waals surface area contributed by atoms with E-state index in [1.807, 2.05) is 20.8 Å². The molecule has 2 aromatic heterocycles. The summed E-state index contributed by atoms with van der Waals surface area (Å²) in [6, 6.07) is 5.09. The zero-order valence-electron chi connectivity index (χ0n) is 10.3. The van der Waals surface area contributed by atoms with Crippen LogP contribution in [0.25, 0.3) is 0 Å². The summed E-state index contributed by atoms with van der Waals surface area (Å²) in [5.74, 6) is 0.900. The van der Waals surface area contributed by atoms with Gasteiger partial charge in [0.15, 0.2) is 5.82 Å². The summed E-state index contributed by atoms with van der Waals surface area (Å²) in [5, 5.41) is 6.49. The predicted octanol–water partition coefficient (Wildman–Crippen LogP) is 3.94. The number of halogens is 1. The van der Waals surface area contributed by atoms with Gasteiger partial charge in [0.1, 0.15) is 5.76 Å². The standard InChI is InChI=1S/C12H13ClN2O2S/c1-12(2,3)8-6-10(15-17-8)14-11(16)7-4-5-9(13)18-7/h4-6H,1-3H3,(H,14,15,16). The van der Waals surface area contributed by atoms with Crippen LogP contribution in [0.2, 0.25) is 4.34 Å². The molecule has 0 aliphatic heterocycles. The van der Waals surface area contributed by atoms with Gasteiger partial charge in [-0.05, 0) is 12.1 Å². The quantitative estimate of drug-likeness (QED) is 0.909. The van der Waals surface area contributed by atoms with Crippen molar-refractivity contribution in [3.05, 3.63) is 33.2 Å². The van der Waals surface area contributed by atoms with Crippen molar-refractivity contribution < 1.29 is 9.32 Å². The average molecular weight is 285 g/mol. The van der Waals surface area contributed by atoms with Gasteiger partial charge in [-0.15, -0.1) is 11.3 Å². The predicted molar refractivity (Wildman–Crippen MR) is 72.5 cm³/mol. The van der Waals surface area contributed by atoms with E-state index in [0.29, 0.717) is 15.0 Å². The molecule has 0 saturated heterocycles. The van der Waals surface area contributed by atoms with Crippen molar-refractivity contribution in [3.8, 4) is 0 Å². The summed E-state index contributed by atoms with van der Waals surface area (Å²) < 4.78 is 5.76. The van der Waals surface area contributed by atoms with E-state index >= 15 is 0 Å². The van der Waals surface area contributed by atoms with Crippen molar-refractivity contribution in [1.29, 1.82) is 0 Å². The van der Waals surface area contributed by atoms with Crippen molar-refractivity contribution in [2.45, 2.75) is 26.2 Å². The molecule has 0 aliphatic rings. The summed E-state index contributed by atoms with van der Waals surface area (Å²) in [6.45, 7) is 6.04. The maximum atomic E-state index is 11.8. The highest BCUT2D eigenvalue weighted by molar-refractivity contribution is 7.18. The van der Waals surface area contributed by atoms with Gasteiger partial charge >= 0.3 is 0 Å². The van der Waals surface area contributed by atoms with Gasteiger partial charge in [-0.1, -0.05) is 37.5 Å². The highest BCUT2D eigenvalue weighted by Gasteiger charge is 2.20. The second-order valence-corrected chi connectivity index (χ2v) is 6.60. The first-order chi connectivity index (χ1) is 8.36. The van der Waals surface area contributed by atoms with Crippen LogP contribution in [-0.2, 0) is 5.41 Å². The zero-order valence-corrected chi connectivity index (χ0v) is 11.9. The molecular formula is C12H13ClN2O2S. The largest absolute Gasteiger partial charge is 0.359 e. The normalized spacial score (nSPS) is 11.6. The Morgan fingerprint density at radius 1 is 1.44 bits per heavy atom. The minimum absolute atomic E-state index is 0.137. The van der Waals surface area contributed by atoms with Gasteiger partial charge in [0.25, 0.3) is 5.91 Å². The average Bonchev–Trinajstić information content (AvgIpc) is 2.85. The minimum atomic E-state index is -0.236. The summed E-state index contributed by atoms with van der Waals surface area (Å²) in [6.07, 6.45) is 0. The molecule has 6 heteroatoms. The Balaban J connectivity index is 2.10. The number of hydrogen-bond donors (Lipinski definition) is 1. The molecular weight excluding hydrogens is 272 g/mol. The SMILES string of the molecule is CC(C)(C)c1cc(NC(=O)c2ccc(Cl)s2)no1. The lowest BCUT2D eigenvalue weighted by molar-refractivity contribution is 0.102. The van der Waals surface area contributed by atoms with Crippen LogP contribution >= 0.6 is 22.9 Å². The second kappa shape index (κ2) is 4.74. The number of carbonyl (C=O) groups is 1. The first-order valence-electron chi connectivity index (χ1n) is 5.40. The number of anilines is 1. The summed E-state index contributed by atoms with van der Waals surface area (Å²) in [4.78, 5) is 12.4. The molecule has 0 fully saturated rings. The van der Waals surface area contributed by atoms with E-state index < -0.39 is 0 Å². The van der Waals surface area contributed by atoms with E-state index in [1.165, 1.54) is 11.3 Å². The number of hydrogen-bond acceptors (Lipinski definition) is 4. The summed E-state index contributed by atoms with van der Waals surface area (Å²) in [5.41, 5.74) is -0.137. The Bertz CT molecular complexity index is 569. The van der Waals surface area contributed by atoms with E-state index in [4.69, 9.17) is 16.1 Å². The van der Waals surface area contributed by atoms with Crippen LogP contribution in [-0.4, -0.2) is 11.1 Å². The number of rotatable bonds is 2. The third-order valence-corrected chi connectivity index (χ3v) is 3.52. The highest BCUT2D eigenvalue weighted by Crippen LogP contribution is 2.26. The van der Waals surface area contributed by atoms with E-state index in [1.54, 1.807) is 18.2 Å². The molecule has 2 rings (SSSR count). The number of nitrogens with one attached hydrogen (secondary N) is 1. The molecule has 0 saturated carbocycles. The van der Waals surface area contributed by atoms with Crippen molar-refractivity contribution in [3.63, 3.8) is 0 Å². The fraction of sp³-hybridized carbons (Fsp3) is 0.333. The number of thiophene rings is 1. The van der Waals surface area contributed by atoms with Gasteiger partial charge in [0.05, 0.1) is 9.21 Å². The topological polar surface area (TPSA) is 55.1 Å². The van der Waals surface area contributed by atoms with Crippen LogP contribution < -0.4 is 5.32 Å². The Morgan fingerprint density at radius 3 is 2.67 bits per heavy atom. The van der Waals surface area contributed by atoms with Crippen LogP contribution in [0.4, 0.5) is 5.82 Å². The third kappa shape index (κ3) is 2.91. The van der Waals surface area contributed by atoms with E-state index in [-0.39, 0.29) is 11.3 Å². The van der Waals surface area contributed by atoms with Crippen molar-refractivity contribution in [2.24, 2.45) is 0 Å². The van der Waals surface area contributed by atoms with Gasteiger partial charge in [0, 0.05) is 11.5 Å². The number of amides is 1. The van der Waals surface area contributed by atoms with Crippen LogP contribution in [0.1, 0.15) is 36.2 Å². The van der Waals surface area contributed by atoms with Gasteiger partial charge in [0.2, 0.25) is 0 Å². The Morgan fingerprint density at radius 2 is 2.17 bits per heavy atom. The molecule has 1 N–H and O–H groups in total. The number of nitrogens with zero attached hydrogens (tertiary/aromatic N) is 1. The molecule has 0 aromatic carbocycles. The minimum Gasteiger partial charge on any atom is -0.359 e. The molecule has 0 atom stereocenters. The zero-order chi connectivity index (χ0) is 13.3. The van der Waals surface area contributed by atoms with Crippen LogP contribution in [0.3, 0.4) is 0 Å². The summed E-state index contributed by atoms with van der Waals surface area (Å²) >= 11 is 7.00. The first-order valence-corrected chi connectivity index (χ1v) is 6.59. The second-order valence-electron chi connectivity index (χ2n) is 4.88. The highest BCUT2D eigenvalue weighted by atomic mass is 35.5. The van der Waals surface area contributed by atoms with Crippen molar-refractivity contribution in [2.75, 3.05) is 5.32 Å². The fourth-order valence-electron chi connectivity index (χ4n) is 1.30. The smallest absolute Gasteiger partial charge is 0.267 e. The van der Waals surface area contributed by atoms with Crippen LogP contribution in [0.15, 0.2) is 22.7 Å². The van der Waals surface area contributed by atoms with Gasteiger partial charge < -0.3 is 9.84 Å². The number of aromatic nitrogens is 1. The van der Waals surface area contributed by atoms with E-state index in [9.17, 15) is 4.79 Å². The molecule has 0 radical (unpaired) electrons. The molecule has 0 spiro atoms. The Hall–Kier alpha value is -1.33. The third-order valence-electron chi connectivity index (χ3n) is 2.29. The van der Waals surface area contributed by atoms with Gasteiger partial charge in [-0.25, -0.2) is 0 Å². The first kappa shape index (κ1) is 13.1. The molecule has 2 heterocycles.